The number of carbonyl (C=O) groups is 2. The first-order valence-electron chi connectivity index (χ1n) is 5.82. The summed E-state index contributed by atoms with van der Waals surface area (Å²) < 4.78 is 10.5. The van der Waals surface area contributed by atoms with Gasteiger partial charge < -0.3 is 9.47 Å². The Morgan fingerprint density at radius 1 is 1.16 bits per heavy atom. The lowest BCUT2D eigenvalue weighted by atomic mass is 10.2. The Labute approximate surface area is 112 Å². The molecule has 1 atom stereocenters. The lowest BCUT2D eigenvalue weighted by molar-refractivity contribution is -0.145. The molecule has 0 aliphatic rings. The summed E-state index contributed by atoms with van der Waals surface area (Å²) in [5, 5.41) is 0. The Hall–Kier alpha value is -2.36. The number of ketones is 1. The molecule has 1 rings (SSSR count). The van der Waals surface area contributed by atoms with Crippen molar-refractivity contribution in [1.82, 2.24) is 0 Å². The molecule has 1 aromatic carbocycles. The molecule has 0 aliphatic heterocycles. The molecule has 100 valence electrons. The number of hydrogen-bond acceptors (Lipinski definition) is 4. The summed E-state index contributed by atoms with van der Waals surface area (Å²) in [5.74, 6) is -0.148. The number of hydrogen-bond donors (Lipinski definition) is 0. The van der Waals surface area contributed by atoms with Crippen LogP contribution in [0.2, 0.25) is 0 Å². The van der Waals surface area contributed by atoms with Gasteiger partial charge in [-0.15, -0.1) is 0 Å². The van der Waals surface area contributed by atoms with Gasteiger partial charge in [0.15, 0.2) is 5.78 Å². The second kappa shape index (κ2) is 7.87. The number of para-hydroxylation sites is 1. The highest BCUT2D eigenvalue weighted by Crippen LogP contribution is 2.11. The monoisotopic (exact) mass is 260 g/mol. The van der Waals surface area contributed by atoms with E-state index in [4.69, 9.17) is 9.47 Å². The van der Waals surface area contributed by atoms with E-state index in [1.54, 1.807) is 12.1 Å². The van der Waals surface area contributed by atoms with Crippen LogP contribution in [0.25, 0.3) is 0 Å². The maximum atomic E-state index is 11.3. The van der Waals surface area contributed by atoms with Crippen LogP contribution in [-0.2, 0) is 14.3 Å². The highest BCUT2D eigenvalue weighted by Gasteiger charge is 2.16. The molecule has 19 heavy (non-hydrogen) atoms. The zero-order chi connectivity index (χ0) is 14.1. The zero-order valence-electron chi connectivity index (χ0n) is 10.6. The molecule has 0 fully saturated rings. The maximum absolute atomic E-state index is 11.3. The van der Waals surface area contributed by atoms with Gasteiger partial charge in [-0.1, -0.05) is 31.4 Å². The minimum absolute atomic E-state index is 0.0376. The average molecular weight is 260 g/mol. The molecule has 0 spiro atoms. The highest BCUT2D eigenvalue weighted by atomic mass is 16.6. The molecule has 0 bridgehead atoms. The number of esters is 1. The molecular weight excluding hydrogens is 244 g/mol. The first kappa shape index (κ1) is 14.7. The molecule has 0 N–H and O–H groups in total. The van der Waals surface area contributed by atoms with Crippen molar-refractivity contribution in [2.24, 2.45) is 0 Å². The van der Waals surface area contributed by atoms with Gasteiger partial charge in [0, 0.05) is 6.08 Å². The highest BCUT2D eigenvalue weighted by molar-refractivity contribution is 5.89. The van der Waals surface area contributed by atoms with E-state index in [1.165, 1.54) is 6.08 Å². The van der Waals surface area contributed by atoms with Gasteiger partial charge in [-0.3, -0.25) is 4.79 Å². The Balaban J connectivity index is 2.57. The molecule has 0 saturated carbocycles. The van der Waals surface area contributed by atoms with Crippen molar-refractivity contribution in [3.05, 3.63) is 55.6 Å². The third-order valence-electron chi connectivity index (χ3n) is 2.29. The Morgan fingerprint density at radius 2 is 1.84 bits per heavy atom. The molecular formula is C15H16O4. The van der Waals surface area contributed by atoms with Crippen molar-refractivity contribution in [2.75, 3.05) is 6.61 Å². The average Bonchev–Trinajstić information content (AvgIpc) is 2.45. The predicted octanol–water partition coefficient (Wildman–Crippen LogP) is 2.31. The van der Waals surface area contributed by atoms with E-state index in [1.807, 2.05) is 18.2 Å². The van der Waals surface area contributed by atoms with Crippen LogP contribution in [0.1, 0.15) is 6.42 Å². The van der Waals surface area contributed by atoms with E-state index >= 15 is 0 Å². The van der Waals surface area contributed by atoms with Crippen molar-refractivity contribution in [3.8, 4) is 5.75 Å². The van der Waals surface area contributed by atoms with Gasteiger partial charge in [0.1, 0.15) is 18.5 Å². The van der Waals surface area contributed by atoms with Gasteiger partial charge in [0.25, 0.3) is 0 Å². The molecule has 0 saturated heterocycles. The summed E-state index contributed by atoms with van der Waals surface area (Å²) in [4.78, 5) is 22.5. The Kier molecular flexibility index (Phi) is 6.09. The second-order valence-corrected chi connectivity index (χ2v) is 3.76. The van der Waals surface area contributed by atoms with Crippen molar-refractivity contribution in [1.29, 1.82) is 0 Å². The minimum Gasteiger partial charge on any atom is -0.490 e. The third-order valence-corrected chi connectivity index (χ3v) is 2.29. The summed E-state index contributed by atoms with van der Waals surface area (Å²) >= 11 is 0. The van der Waals surface area contributed by atoms with Crippen molar-refractivity contribution >= 4 is 11.8 Å². The minimum atomic E-state index is -0.656. The molecule has 4 heteroatoms. The fourth-order valence-electron chi connectivity index (χ4n) is 1.36. The first-order chi connectivity index (χ1) is 9.15. The first-order valence-corrected chi connectivity index (χ1v) is 5.82. The number of allylic oxidation sites excluding steroid dienone is 1. The summed E-state index contributed by atoms with van der Waals surface area (Å²) in [5.41, 5.74) is 0. The Morgan fingerprint density at radius 3 is 2.42 bits per heavy atom. The van der Waals surface area contributed by atoms with Crippen LogP contribution in [0.4, 0.5) is 0 Å². The molecule has 4 nitrogen and oxygen atoms in total. The van der Waals surface area contributed by atoms with E-state index < -0.39 is 12.1 Å². The normalized spacial score (nSPS) is 11.2. The van der Waals surface area contributed by atoms with E-state index in [-0.39, 0.29) is 18.8 Å². The fraction of sp³-hybridized carbons (Fsp3) is 0.200. The van der Waals surface area contributed by atoms with E-state index in [0.717, 1.165) is 6.08 Å². The molecule has 1 aromatic rings. The lowest BCUT2D eigenvalue weighted by Crippen LogP contribution is -2.26. The summed E-state index contributed by atoms with van der Waals surface area (Å²) in [6, 6.07) is 9.08. The number of benzene rings is 1. The smallest absolute Gasteiger partial charge is 0.330 e. The molecule has 0 aromatic heterocycles. The third kappa shape index (κ3) is 5.68. The molecule has 0 heterocycles. The molecule has 0 aliphatic carbocycles. The van der Waals surface area contributed by atoms with Crippen LogP contribution in [0.15, 0.2) is 55.6 Å². The van der Waals surface area contributed by atoms with Gasteiger partial charge in [0.05, 0.1) is 6.42 Å². The number of carbonyl (C=O) groups excluding carboxylic acids is 2. The van der Waals surface area contributed by atoms with Crippen LogP contribution in [0.5, 0.6) is 5.75 Å². The molecule has 0 radical (unpaired) electrons. The van der Waals surface area contributed by atoms with E-state index in [0.29, 0.717) is 5.75 Å². The second-order valence-electron chi connectivity index (χ2n) is 3.76. The summed E-state index contributed by atoms with van der Waals surface area (Å²) in [6.07, 6.45) is 1.62. The summed E-state index contributed by atoms with van der Waals surface area (Å²) in [7, 11) is 0. The van der Waals surface area contributed by atoms with Gasteiger partial charge >= 0.3 is 5.97 Å². The van der Waals surface area contributed by atoms with E-state index in [2.05, 4.69) is 13.2 Å². The predicted molar refractivity (Wildman–Crippen MR) is 71.8 cm³/mol. The van der Waals surface area contributed by atoms with Gasteiger partial charge in [-0.2, -0.15) is 0 Å². The molecule has 1 unspecified atom stereocenters. The van der Waals surface area contributed by atoms with Crippen LogP contribution >= 0.6 is 0 Å². The number of ether oxygens (including phenoxy) is 2. The van der Waals surface area contributed by atoms with E-state index in [9.17, 15) is 9.59 Å². The summed E-state index contributed by atoms with van der Waals surface area (Å²) in [6.45, 7) is 6.79. The quantitative estimate of drug-likeness (QED) is 0.531. The Bertz CT molecular complexity index is 428. The zero-order valence-corrected chi connectivity index (χ0v) is 10.6. The standard InChI is InChI=1S/C15H16O4/c1-3-12(16)10-14(19-15(17)4-2)11-18-13-8-6-5-7-9-13/h3-9,14H,1-2,10-11H2. The SMILES string of the molecule is C=CC(=O)CC(COc1ccccc1)OC(=O)C=C. The van der Waals surface area contributed by atoms with Crippen LogP contribution in [0, 0.1) is 0 Å². The maximum Gasteiger partial charge on any atom is 0.330 e. The van der Waals surface area contributed by atoms with Crippen LogP contribution in [0.3, 0.4) is 0 Å². The van der Waals surface area contributed by atoms with Crippen LogP contribution < -0.4 is 4.74 Å². The largest absolute Gasteiger partial charge is 0.490 e. The van der Waals surface area contributed by atoms with Crippen LogP contribution in [-0.4, -0.2) is 24.5 Å². The van der Waals surface area contributed by atoms with Gasteiger partial charge in [0.2, 0.25) is 0 Å². The number of rotatable bonds is 8. The van der Waals surface area contributed by atoms with Gasteiger partial charge in [-0.05, 0) is 18.2 Å². The van der Waals surface area contributed by atoms with Crippen molar-refractivity contribution < 1.29 is 19.1 Å². The van der Waals surface area contributed by atoms with Gasteiger partial charge in [-0.25, -0.2) is 4.79 Å². The lowest BCUT2D eigenvalue weighted by Gasteiger charge is -2.16. The fourth-order valence-corrected chi connectivity index (χ4v) is 1.36. The molecule has 0 amide bonds. The van der Waals surface area contributed by atoms with Crippen molar-refractivity contribution in [2.45, 2.75) is 12.5 Å². The topological polar surface area (TPSA) is 52.6 Å². The van der Waals surface area contributed by atoms with Crippen molar-refractivity contribution in [3.63, 3.8) is 0 Å².